The van der Waals surface area contributed by atoms with Gasteiger partial charge in [0, 0.05) is 19.6 Å². The van der Waals surface area contributed by atoms with E-state index in [2.05, 4.69) is 31.7 Å². The van der Waals surface area contributed by atoms with Gasteiger partial charge in [-0.15, -0.1) is 0 Å². The lowest BCUT2D eigenvalue weighted by Crippen LogP contribution is -2.34. The van der Waals surface area contributed by atoms with Gasteiger partial charge in [0.05, 0.1) is 13.0 Å². The number of imidazole rings is 1. The van der Waals surface area contributed by atoms with Crippen LogP contribution in [0.15, 0.2) is 29.1 Å². The molecule has 11 nitrogen and oxygen atoms in total. The summed E-state index contributed by atoms with van der Waals surface area (Å²) in [7, 11) is 0. The van der Waals surface area contributed by atoms with Gasteiger partial charge in [-0.1, -0.05) is 44.0 Å². The summed E-state index contributed by atoms with van der Waals surface area (Å²) in [6.45, 7) is 9.04. The summed E-state index contributed by atoms with van der Waals surface area (Å²) < 4.78 is 7.27. The molecule has 11 heteroatoms. The second kappa shape index (κ2) is 14.8. The van der Waals surface area contributed by atoms with Crippen LogP contribution < -0.4 is 16.2 Å². The molecule has 218 valence electrons. The third-order valence-corrected chi connectivity index (χ3v) is 7.40. The van der Waals surface area contributed by atoms with Crippen LogP contribution in [-0.4, -0.2) is 79.7 Å². The lowest BCUT2D eigenvalue weighted by molar-refractivity contribution is -0.136. The van der Waals surface area contributed by atoms with Gasteiger partial charge in [-0.25, -0.2) is 4.79 Å². The number of hydrogen-bond acceptors (Lipinski definition) is 8. The van der Waals surface area contributed by atoms with E-state index in [1.807, 2.05) is 24.3 Å². The van der Waals surface area contributed by atoms with Crippen molar-refractivity contribution in [2.24, 2.45) is 0 Å². The molecule has 4 N–H and O–H groups in total. The molecule has 1 saturated heterocycles. The van der Waals surface area contributed by atoms with Crippen LogP contribution in [0.5, 0.6) is 6.01 Å². The Balaban J connectivity index is 1.41. The number of H-pyrrole nitrogens is 1. The third-order valence-electron chi connectivity index (χ3n) is 7.40. The Morgan fingerprint density at radius 1 is 1.05 bits per heavy atom. The number of anilines is 1. The van der Waals surface area contributed by atoms with E-state index in [0.717, 1.165) is 63.0 Å². The number of nitrogens with one attached hydrogen (secondary N) is 1. The number of benzene rings is 1. The van der Waals surface area contributed by atoms with Crippen molar-refractivity contribution < 1.29 is 14.6 Å². The summed E-state index contributed by atoms with van der Waals surface area (Å²) in [5.41, 5.74) is 8.69. The zero-order valence-corrected chi connectivity index (χ0v) is 23.6. The van der Waals surface area contributed by atoms with Crippen molar-refractivity contribution in [3.8, 4) is 6.01 Å². The van der Waals surface area contributed by atoms with E-state index in [1.165, 1.54) is 32.4 Å². The van der Waals surface area contributed by atoms with E-state index in [9.17, 15) is 9.59 Å². The largest absolute Gasteiger partial charge is 0.481 e. The van der Waals surface area contributed by atoms with Gasteiger partial charge in [0.25, 0.3) is 0 Å². The number of aromatic nitrogens is 4. The van der Waals surface area contributed by atoms with Crippen LogP contribution in [0.25, 0.3) is 11.2 Å². The molecule has 1 aromatic carbocycles. The van der Waals surface area contributed by atoms with E-state index in [4.69, 9.17) is 15.6 Å². The Morgan fingerprint density at radius 2 is 1.75 bits per heavy atom. The molecule has 0 saturated carbocycles. The monoisotopic (exact) mass is 553 g/mol. The lowest BCUT2D eigenvalue weighted by atomic mass is 10.1. The maximum absolute atomic E-state index is 12.8. The summed E-state index contributed by atoms with van der Waals surface area (Å²) in [5, 5.41) is 9.07. The first kappa shape index (κ1) is 29.5. The minimum atomic E-state index is -0.828. The predicted molar refractivity (Wildman–Crippen MR) is 156 cm³/mol. The number of unbranched alkanes of at least 4 members (excludes halogenated alkanes) is 1. The summed E-state index contributed by atoms with van der Waals surface area (Å²) in [6.07, 6.45) is 7.63. The topological polar surface area (TPSA) is 143 Å². The first-order valence-corrected chi connectivity index (χ1v) is 14.6. The number of hydrogen-bond donors (Lipinski definition) is 3. The molecule has 0 bridgehead atoms. The molecule has 0 unspecified atom stereocenters. The number of nitrogens with zero attached hydrogens (tertiary/aromatic N) is 5. The van der Waals surface area contributed by atoms with E-state index in [-0.39, 0.29) is 23.9 Å². The molecule has 3 heterocycles. The van der Waals surface area contributed by atoms with Crippen molar-refractivity contribution in [2.45, 2.75) is 71.4 Å². The van der Waals surface area contributed by atoms with E-state index < -0.39 is 5.97 Å². The average Bonchev–Trinajstić information content (AvgIpc) is 3.25. The maximum atomic E-state index is 12.8. The van der Waals surface area contributed by atoms with Crippen LogP contribution in [0.3, 0.4) is 0 Å². The predicted octanol–water partition coefficient (Wildman–Crippen LogP) is 3.28. The molecule has 3 aromatic rings. The molecule has 1 aliphatic rings. The SMILES string of the molecule is CCCCOc1nc(N)c2[nH]c(=O)n(CCCN(CCCN3CCCCC3)Cc3ccc(CC(=O)O)cc3)c2n1. The molecule has 0 aliphatic carbocycles. The van der Waals surface area contributed by atoms with Crippen LogP contribution in [0.4, 0.5) is 5.82 Å². The first-order chi connectivity index (χ1) is 19.4. The molecule has 40 heavy (non-hydrogen) atoms. The quantitative estimate of drug-likeness (QED) is 0.228. The lowest BCUT2D eigenvalue weighted by Gasteiger charge is -2.28. The fourth-order valence-corrected chi connectivity index (χ4v) is 5.23. The van der Waals surface area contributed by atoms with E-state index in [1.54, 1.807) is 4.57 Å². The van der Waals surface area contributed by atoms with E-state index >= 15 is 0 Å². The van der Waals surface area contributed by atoms with Crippen molar-refractivity contribution in [1.29, 1.82) is 0 Å². The van der Waals surface area contributed by atoms with Crippen LogP contribution in [0.2, 0.25) is 0 Å². The molecule has 0 amide bonds. The summed E-state index contributed by atoms with van der Waals surface area (Å²) in [4.78, 5) is 40.2. The van der Waals surface area contributed by atoms with Crippen LogP contribution in [0.1, 0.15) is 63.0 Å². The van der Waals surface area contributed by atoms with Crippen LogP contribution in [-0.2, 0) is 24.3 Å². The van der Waals surface area contributed by atoms with Crippen molar-refractivity contribution in [1.82, 2.24) is 29.3 Å². The minimum Gasteiger partial charge on any atom is -0.481 e. The van der Waals surface area contributed by atoms with Gasteiger partial charge >= 0.3 is 17.7 Å². The van der Waals surface area contributed by atoms with Gasteiger partial charge in [-0.05, 0) is 69.4 Å². The zero-order chi connectivity index (χ0) is 28.3. The van der Waals surface area contributed by atoms with Gasteiger partial charge in [-0.3, -0.25) is 14.3 Å². The standard InChI is InChI=1S/C29H43N7O4/c1-2-3-19-40-28-32-26(30)25-27(33-28)36(29(39)31-25)18-8-17-35(16-7-15-34-13-5-4-6-14-34)21-23-11-9-22(10-12-23)20-24(37)38/h9-12H,2-8,13-21H2,1H3,(H,31,39)(H,37,38)(H2,30,32,33). The second-order valence-electron chi connectivity index (χ2n) is 10.6. The Labute approximate surface area is 235 Å². The van der Waals surface area contributed by atoms with Crippen molar-refractivity contribution in [3.63, 3.8) is 0 Å². The number of fused-ring (bicyclic) bond motifs is 1. The molecule has 2 aromatic heterocycles. The number of nitrogen functional groups attached to an aromatic ring is 1. The third kappa shape index (κ3) is 8.53. The average molecular weight is 554 g/mol. The Hall–Kier alpha value is -3.44. The summed E-state index contributed by atoms with van der Waals surface area (Å²) in [5.74, 6) is -0.621. The van der Waals surface area contributed by atoms with Crippen LogP contribution >= 0.6 is 0 Å². The highest BCUT2D eigenvalue weighted by Crippen LogP contribution is 2.18. The van der Waals surface area contributed by atoms with E-state index in [0.29, 0.717) is 24.3 Å². The molecule has 4 rings (SSSR count). The number of aryl methyl sites for hydroxylation is 1. The number of aliphatic carboxylic acids is 1. The highest BCUT2D eigenvalue weighted by molar-refractivity contribution is 5.81. The number of nitrogens with two attached hydrogens (primary N) is 1. The number of ether oxygens (including phenoxy) is 1. The number of carboxylic acid groups (broad SMARTS) is 1. The fourth-order valence-electron chi connectivity index (χ4n) is 5.23. The van der Waals surface area contributed by atoms with Gasteiger partial charge in [0.2, 0.25) is 0 Å². The molecule has 1 fully saturated rings. The molecule has 0 atom stereocenters. The smallest absolute Gasteiger partial charge is 0.327 e. The van der Waals surface area contributed by atoms with Gasteiger partial charge in [-0.2, -0.15) is 9.97 Å². The molecular formula is C29H43N7O4. The Bertz CT molecular complexity index is 1280. The Kier molecular flexibility index (Phi) is 10.9. The highest BCUT2D eigenvalue weighted by atomic mass is 16.5. The number of rotatable bonds is 16. The maximum Gasteiger partial charge on any atom is 0.327 e. The molecule has 1 aliphatic heterocycles. The summed E-state index contributed by atoms with van der Waals surface area (Å²) >= 11 is 0. The van der Waals surface area contributed by atoms with Crippen molar-refractivity contribution in [3.05, 3.63) is 45.9 Å². The van der Waals surface area contributed by atoms with Gasteiger partial charge in [0.1, 0.15) is 5.52 Å². The number of carbonyl (C=O) groups is 1. The van der Waals surface area contributed by atoms with Gasteiger partial charge < -0.3 is 25.5 Å². The summed E-state index contributed by atoms with van der Waals surface area (Å²) in [6, 6.07) is 8.01. The van der Waals surface area contributed by atoms with Crippen LogP contribution in [0, 0.1) is 0 Å². The van der Waals surface area contributed by atoms with Crippen molar-refractivity contribution >= 4 is 23.0 Å². The number of aromatic amines is 1. The van der Waals surface area contributed by atoms with Gasteiger partial charge in [0.15, 0.2) is 11.5 Å². The van der Waals surface area contributed by atoms with Crippen molar-refractivity contribution in [2.75, 3.05) is 45.1 Å². The fraction of sp³-hybridized carbons (Fsp3) is 0.586. The number of piperidine rings is 1. The Morgan fingerprint density at radius 3 is 2.45 bits per heavy atom. The molecule has 0 radical (unpaired) electrons. The second-order valence-corrected chi connectivity index (χ2v) is 10.6. The number of carboxylic acids is 1. The normalized spacial score (nSPS) is 14.2. The first-order valence-electron chi connectivity index (χ1n) is 14.6. The molecular weight excluding hydrogens is 510 g/mol. The molecule has 0 spiro atoms. The zero-order valence-electron chi connectivity index (χ0n) is 23.6. The number of likely N-dealkylation sites (tertiary alicyclic amines) is 1. The minimum absolute atomic E-state index is 0.0264. The highest BCUT2D eigenvalue weighted by Gasteiger charge is 2.16.